The average molecular weight is 368 g/mol. The van der Waals surface area contributed by atoms with Crippen molar-refractivity contribution in [3.63, 3.8) is 0 Å². The van der Waals surface area contributed by atoms with Crippen molar-refractivity contribution in [1.82, 2.24) is 14.4 Å². The summed E-state index contributed by atoms with van der Waals surface area (Å²) in [5.41, 5.74) is 1.09. The standard InChI is InChI=1S/C19H11F3N4O/c20-14-6-5-13(16(21)17(14)22)18(27)24-12-4-1-3-11(9-12)15-10-26-8-2-7-23-19(26)25-15/h1-10H,(H,24,27). The van der Waals surface area contributed by atoms with E-state index in [9.17, 15) is 18.0 Å². The van der Waals surface area contributed by atoms with Crippen LogP contribution in [0.2, 0.25) is 0 Å². The van der Waals surface area contributed by atoms with Crippen molar-refractivity contribution in [2.24, 2.45) is 0 Å². The van der Waals surface area contributed by atoms with Crippen LogP contribution in [0, 0.1) is 17.5 Å². The van der Waals surface area contributed by atoms with Gasteiger partial charge in [0.15, 0.2) is 17.5 Å². The second-order valence-corrected chi connectivity index (χ2v) is 5.71. The number of nitrogens with one attached hydrogen (secondary N) is 1. The molecule has 134 valence electrons. The molecule has 0 spiro atoms. The zero-order valence-electron chi connectivity index (χ0n) is 13.7. The Morgan fingerprint density at radius 3 is 2.70 bits per heavy atom. The van der Waals surface area contributed by atoms with E-state index in [1.807, 2.05) is 0 Å². The molecule has 0 bridgehead atoms. The molecule has 8 heteroatoms. The lowest BCUT2D eigenvalue weighted by atomic mass is 10.1. The Balaban J connectivity index is 1.63. The molecular weight excluding hydrogens is 357 g/mol. The van der Waals surface area contributed by atoms with Crippen LogP contribution in [-0.4, -0.2) is 20.3 Å². The number of hydrogen-bond acceptors (Lipinski definition) is 3. The van der Waals surface area contributed by atoms with Crippen LogP contribution in [0.4, 0.5) is 18.9 Å². The lowest BCUT2D eigenvalue weighted by molar-refractivity contribution is 0.102. The molecule has 0 aliphatic rings. The first-order valence-electron chi connectivity index (χ1n) is 7.88. The van der Waals surface area contributed by atoms with Gasteiger partial charge < -0.3 is 5.32 Å². The average Bonchev–Trinajstić information content (AvgIpc) is 3.10. The molecule has 0 aliphatic carbocycles. The molecule has 0 aliphatic heterocycles. The van der Waals surface area contributed by atoms with Gasteiger partial charge in [0.25, 0.3) is 5.91 Å². The van der Waals surface area contributed by atoms with Crippen LogP contribution in [0.25, 0.3) is 17.0 Å². The molecule has 0 radical (unpaired) electrons. The number of fused-ring (bicyclic) bond motifs is 1. The first-order valence-corrected chi connectivity index (χ1v) is 7.88. The fourth-order valence-electron chi connectivity index (χ4n) is 2.63. The van der Waals surface area contributed by atoms with Crippen molar-refractivity contribution in [1.29, 1.82) is 0 Å². The van der Waals surface area contributed by atoms with Gasteiger partial charge in [0.2, 0.25) is 5.78 Å². The van der Waals surface area contributed by atoms with Gasteiger partial charge in [0.05, 0.1) is 11.3 Å². The van der Waals surface area contributed by atoms with Gasteiger partial charge in [-0.3, -0.25) is 9.20 Å². The minimum absolute atomic E-state index is 0.353. The van der Waals surface area contributed by atoms with Crippen LogP contribution in [0.1, 0.15) is 10.4 Å². The number of imidazole rings is 1. The monoisotopic (exact) mass is 368 g/mol. The number of carbonyl (C=O) groups excluding carboxylic acids is 1. The van der Waals surface area contributed by atoms with E-state index in [4.69, 9.17) is 0 Å². The minimum Gasteiger partial charge on any atom is -0.322 e. The van der Waals surface area contributed by atoms with Gasteiger partial charge in [0, 0.05) is 29.8 Å². The second-order valence-electron chi connectivity index (χ2n) is 5.71. The zero-order valence-corrected chi connectivity index (χ0v) is 13.7. The van der Waals surface area contributed by atoms with Crippen molar-refractivity contribution in [3.05, 3.63) is 84.1 Å². The first-order chi connectivity index (χ1) is 13.0. The summed E-state index contributed by atoms with van der Waals surface area (Å²) >= 11 is 0. The number of anilines is 1. The van der Waals surface area contributed by atoms with Crippen LogP contribution in [0.5, 0.6) is 0 Å². The van der Waals surface area contributed by atoms with E-state index >= 15 is 0 Å². The van der Waals surface area contributed by atoms with E-state index in [1.165, 1.54) is 0 Å². The van der Waals surface area contributed by atoms with Crippen molar-refractivity contribution in [2.75, 3.05) is 5.32 Å². The highest BCUT2D eigenvalue weighted by molar-refractivity contribution is 6.04. The fourth-order valence-corrected chi connectivity index (χ4v) is 2.63. The SMILES string of the molecule is O=C(Nc1cccc(-c2cn3cccnc3n2)c1)c1ccc(F)c(F)c1F. The predicted molar refractivity (Wildman–Crippen MR) is 92.7 cm³/mol. The molecule has 5 nitrogen and oxygen atoms in total. The normalized spacial score (nSPS) is 10.9. The molecule has 2 aromatic heterocycles. The number of halogens is 3. The van der Waals surface area contributed by atoms with Crippen LogP contribution in [-0.2, 0) is 0 Å². The molecule has 2 aromatic carbocycles. The smallest absolute Gasteiger partial charge is 0.258 e. The molecule has 0 unspecified atom stereocenters. The highest BCUT2D eigenvalue weighted by Gasteiger charge is 2.19. The van der Waals surface area contributed by atoms with Gasteiger partial charge in [-0.1, -0.05) is 12.1 Å². The van der Waals surface area contributed by atoms with Crippen molar-refractivity contribution in [2.45, 2.75) is 0 Å². The molecule has 4 aromatic rings. The lowest BCUT2D eigenvalue weighted by Gasteiger charge is -2.08. The molecule has 27 heavy (non-hydrogen) atoms. The number of hydrogen-bond donors (Lipinski definition) is 1. The topological polar surface area (TPSA) is 59.3 Å². The summed E-state index contributed by atoms with van der Waals surface area (Å²) in [6.45, 7) is 0. The largest absolute Gasteiger partial charge is 0.322 e. The predicted octanol–water partition coefficient (Wildman–Crippen LogP) is 4.07. The molecule has 0 saturated carbocycles. The summed E-state index contributed by atoms with van der Waals surface area (Å²) in [5, 5.41) is 2.47. The maximum absolute atomic E-state index is 13.8. The Hall–Kier alpha value is -3.68. The maximum atomic E-state index is 13.8. The minimum atomic E-state index is -1.69. The zero-order chi connectivity index (χ0) is 19.0. The quantitative estimate of drug-likeness (QED) is 0.555. The third kappa shape index (κ3) is 3.12. The molecule has 0 fully saturated rings. The molecule has 0 saturated heterocycles. The number of carbonyl (C=O) groups is 1. The van der Waals surface area contributed by atoms with E-state index in [1.54, 1.807) is 53.3 Å². The highest BCUT2D eigenvalue weighted by atomic mass is 19.2. The molecular formula is C19H11F3N4O. The van der Waals surface area contributed by atoms with Crippen LogP contribution in [0.3, 0.4) is 0 Å². The van der Waals surface area contributed by atoms with Crippen molar-refractivity contribution >= 4 is 17.4 Å². The van der Waals surface area contributed by atoms with E-state index in [0.717, 1.165) is 6.07 Å². The number of nitrogens with zero attached hydrogens (tertiary/aromatic N) is 3. The van der Waals surface area contributed by atoms with Crippen LogP contribution in [0.15, 0.2) is 61.1 Å². The van der Waals surface area contributed by atoms with Crippen molar-refractivity contribution < 1.29 is 18.0 Å². The Morgan fingerprint density at radius 2 is 1.89 bits per heavy atom. The Kier molecular flexibility index (Phi) is 4.08. The van der Waals surface area contributed by atoms with Crippen LogP contribution < -0.4 is 5.32 Å². The summed E-state index contributed by atoms with van der Waals surface area (Å²) < 4.78 is 41.9. The number of rotatable bonds is 3. The highest BCUT2D eigenvalue weighted by Crippen LogP contribution is 2.23. The molecule has 4 rings (SSSR count). The molecule has 1 amide bonds. The number of amides is 1. The van der Waals surface area contributed by atoms with Gasteiger partial charge in [-0.05, 0) is 30.3 Å². The Bertz CT molecular complexity index is 1140. The summed E-state index contributed by atoms with van der Waals surface area (Å²) in [6.07, 6.45) is 5.20. The third-order valence-electron chi connectivity index (χ3n) is 3.93. The number of benzene rings is 2. The Morgan fingerprint density at radius 1 is 1.04 bits per heavy atom. The van der Waals surface area contributed by atoms with Crippen molar-refractivity contribution in [3.8, 4) is 11.3 Å². The van der Waals surface area contributed by atoms with Gasteiger partial charge in [-0.25, -0.2) is 23.1 Å². The van der Waals surface area contributed by atoms with Gasteiger partial charge in [0.1, 0.15) is 0 Å². The van der Waals surface area contributed by atoms with E-state index in [-0.39, 0.29) is 0 Å². The number of aromatic nitrogens is 3. The van der Waals surface area contributed by atoms with Gasteiger partial charge in [-0.15, -0.1) is 0 Å². The van der Waals surface area contributed by atoms with Gasteiger partial charge >= 0.3 is 0 Å². The fraction of sp³-hybridized carbons (Fsp3) is 0. The summed E-state index contributed by atoms with van der Waals surface area (Å²) in [6, 6.07) is 10.1. The van der Waals surface area contributed by atoms with E-state index in [2.05, 4.69) is 15.3 Å². The summed E-state index contributed by atoms with van der Waals surface area (Å²) in [5.74, 6) is -4.94. The lowest BCUT2D eigenvalue weighted by Crippen LogP contribution is -2.15. The maximum Gasteiger partial charge on any atom is 0.258 e. The second kappa shape index (κ2) is 6.56. The third-order valence-corrected chi connectivity index (χ3v) is 3.93. The Labute approximate surface area is 151 Å². The summed E-state index contributed by atoms with van der Waals surface area (Å²) in [4.78, 5) is 20.7. The molecule has 0 atom stereocenters. The molecule has 2 heterocycles. The van der Waals surface area contributed by atoms with E-state index < -0.39 is 28.9 Å². The molecule has 1 N–H and O–H groups in total. The summed E-state index contributed by atoms with van der Waals surface area (Å²) in [7, 11) is 0. The van der Waals surface area contributed by atoms with Gasteiger partial charge in [-0.2, -0.15) is 0 Å². The first kappa shape index (κ1) is 16.8. The van der Waals surface area contributed by atoms with E-state index in [0.29, 0.717) is 28.8 Å². The van der Waals surface area contributed by atoms with Crippen LogP contribution >= 0.6 is 0 Å².